The van der Waals surface area contributed by atoms with Crippen molar-refractivity contribution >= 4 is 17.8 Å². The van der Waals surface area contributed by atoms with E-state index in [0.717, 1.165) is 5.56 Å². The van der Waals surface area contributed by atoms with Crippen molar-refractivity contribution in [2.75, 3.05) is 20.7 Å². The number of nitriles is 1. The monoisotopic (exact) mass is 485 g/mol. The number of carbonyl (C=O) groups is 3. The Kier molecular flexibility index (Phi) is 9.18. The zero-order chi connectivity index (χ0) is 25.9. The SMILES string of the molecule is CN(C)C(=O)c1ccc(C(=O)NC(COc2cccc(C#N)c2)CC(=O)OCc2ccccc2)cc1. The largest absolute Gasteiger partial charge is 0.491 e. The summed E-state index contributed by atoms with van der Waals surface area (Å²) in [5.41, 5.74) is 2.07. The third-order valence-electron chi connectivity index (χ3n) is 5.21. The lowest BCUT2D eigenvalue weighted by atomic mass is 10.1. The Morgan fingerprint density at radius 2 is 1.64 bits per heavy atom. The molecule has 8 heteroatoms. The van der Waals surface area contributed by atoms with Gasteiger partial charge in [0, 0.05) is 25.2 Å². The van der Waals surface area contributed by atoms with E-state index in [1.807, 2.05) is 36.4 Å². The van der Waals surface area contributed by atoms with E-state index in [1.165, 1.54) is 4.90 Å². The maximum absolute atomic E-state index is 12.9. The highest BCUT2D eigenvalue weighted by atomic mass is 16.5. The molecule has 0 saturated carbocycles. The Morgan fingerprint density at radius 3 is 2.31 bits per heavy atom. The molecule has 0 aliphatic carbocycles. The molecule has 3 rings (SSSR count). The summed E-state index contributed by atoms with van der Waals surface area (Å²) in [6, 6.07) is 23.5. The van der Waals surface area contributed by atoms with E-state index in [0.29, 0.717) is 22.4 Å². The molecule has 36 heavy (non-hydrogen) atoms. The van der Waals surface area contributed by atoms with E-state index in [9.17, 15) is 14.4 Å². The van der Waals surface area contributed by atoms with Crippen LogP contribution in [-0.2, 0) is 16.1 Å². The third kappa shape index (κ3) is 7.71. The van der Waals surface area contributed by atoms with Crippen LogP contribution < -0.4 is 10.1 Å². The van der Waals surface area contributed by atoms with Crippen LogP contribution in [-0.4, -0.2) is 49.4 Å². The van der Waals surface area contributed by atoms with Crippen LogP contribution in [0.2, 0.25) is 0 Å². The van der Waals surface area contributed by atoms with Crippen LogP contribution in [0.1, 0.15) is 38.3 Å². The first-order valence-electron chi connectivity index (χ1n) is 11.3. The Labute approximate surface area is 210 Å². The molecule has 184 valence electrons. The summed E-state index contributed by atoms with van der Waals surface area (Å²) in [7, 11) is 3.30. The van der Waals surface area contributed by atoms with E-state index < -0.39 is 17.9 Å². The lowest BCUT2D eigenvalue weighted by Crippen LogP contribution is -2.41. The third-order valence-corrected chi connectivity index (χ3v) is 5.21. The minimum Gasteiger partial charge on any atom is -0.491 e. The quantitative estimate of drug-likeness (QED) is 0.440. The summed E-state index contributed by atoms with van der Waals surface area (Å²) in [4.78, 5) is 39.0. The molecule has 0 bridgehead atoms. The first-order chi connectivity index (χ1) is 17.4. The smallest absolute Gasteiger partial charge is 0.308 e. The second kappa shape index (κ2) is 12.7. The molecule has 3 aromatic rings. The molecule has 8 nitrogen and oxygen atoms in total. The van der Waals surface area contributed by atoms with Crippen LogP contribution in [0.15, 0.2) is 78.9 Å². The van der Waals surface area contributed by atoms with Crippen molar-refractivity contribution in [3.63, 3.8) is 0 Å². The number of hydrogen-bond donors (Lipinski definition) is 1. The Morgan fingerprint density at radius 1 is 0.944 bits per heavy atom. The topological polar surface area (TPSA) is 109 Å². The number of carbonyl (C=O) groups excluding carboxylic acids is 3. The fourth-order valence-corrected chi connectivity index (χ4v) is 3.29. The highest BCUT2D eigenvalue weighted by Gasteiger charge is 2.20. The lowest BCUT2D eigenvalue weighted by molar-refractivity contribution is -0.145. The van der Waals surface area contributed by atoms with Crippen molar-refractivity contribution in [2.45, 2.75) is 19.1 Å². The standard InChI is InChI=1S/C28H27N3O5/c1-31(2)28(34)23-13-11-22(12-14-23)27(33)30-24(19-35-25-10-6-9-21(15-25)17-29)16-26(32)36-18-20-7-4-3-5-8-20/h3-15,24H,16,18-19H2,1-2H3,(H,30,33). The predicted molar refractivity (Wildman–Crippen MR) is 133 cm³/mol. The number of benzene rings is 3. The van der Waals surface area contributed by atoms with Gasteiger partial charge in [-0.05, 0) is 48.0 Å². The van der Waals surface area contributed by atoms with Crippen molar-refractivity contribution in [2.24, 2.45) is 0 Å². The van der Waals surface area contributed by atoms with Gasteiger partial charge in [0.1, 0.15) is 19.0 Å². The second-order valence-electron chi connectivity index (χ2n) is 8.25. The summed E-state index contributed by atoms with van der Waals surface area (Å²) in [5.74, 6) is -0.647. The van der Waals surface area contributed by atoms with Gasteiger partial charge in [-0.15, -0.1) is 0 Å². The molecular weight excluding hydrogens is 458 g/mol. The van der Waals surface area contributed by atoms with Crippen LogP contribution >= 0.6 is 0 Å². The van der Waals surface area contributed by atoms with Crippen molar-refractivity contribution in [1.29, 1.82) is 5.26 Å². The lowest BCUT2D eigenvalue weighted by Gasteiger charge is -2.19. The molecule has 0 fully saturated rings. The number of nitrogens with zero attached hydrogens (tertiary/aromatic N) is 2. The van der Waals surface area contributed by atoms with Crippen molar-refractivity contribution < 1.29 is 23.9 Å². The zero-order valence-corrected chi connectivity index (χ0v) is 20.1. The maximum Gasteiger partial charge on any atom is 0.308 e. The van der Waals surface area contributed by atoms with Crippen LogP contribution in [0.4, 0.5) is 0 Å². The number of amides is 2. The average molecular weight is 486 g/mol. The number of ether oxygens (including phenoxy) is 2. The van der Waals surface area contributed by atoms with Gasteiger partial charge in [0.2, 0.25) is 0 Å². The number of rotatable bonds is 10. The average Bonchev–Trinajstić information content (AvgIpc) is 2.90. The van der Waals surface area contributed by atoms with Gasteiger partial charge in [-0.3, -0.25) is 14.4 Å². The number of nitrogens with one attached hydrogen (secondary N) is 1. The number of hydrogen-bond acceptors (Lipinski definition) is 6. The molecule has 1 unspecified atom stereocenters. The van der Waals surface area contributed by atoms with E-state index in [4.69, 9.17) is 14.7 Å². The predicted octanol–water partition coefficient (Wildman–Crippen LogP) is 3.57. The number of esters is 1. The molecule has 0 spiro atoms. The Balaban J connectivity index is 1.67. The minimum absolute atomic E-state index is 0.0156. The van der Waals surface area contributed by atoms with Crippen molar-refractivity contribution in [1.82, 2.24) is 10.2 Å². The molecule has 1 N–H and O–H groups in total. The Hall–Kier alpha value is -4.64. The van der Waals surface area contributed by atoms with Gasteiger partial charge in [0.25, 0.3) is 11.8 Å². The summed E-state index contributed by atoms with van der Waals surface area (Å²) in [6.07, 6.45) is -0.117. The van der Waals surface area contributed by atoms with Gasteiger partial charge < -0.3 is 19.7 Å². The summed E-state index contributed by atoms with van der Waals surface area (Å²) in [5, 5.41) is 11.9. The second-order valence-corrected chi connectivity index (χ2v) is 8.25. The summed E-state index contributed by atoms with van der Waals surface area (Å²) in [6.45, 7) is 0.102. The molecule has 3 aromatic carbocycles. The molecule has 0 heterocycles. The first kappa shape index (κ1) is 26.0. The van der Waals surface area contributed by atoms with E-state index in [2.05, 4.69) is 5.32 Å². The normalized spacial score (nSPS) is 11.0. The molecule has 2 amide bonds. The molecule has 0 radical (unpaired) electrons. The van der Waals surface area contributed by atoms with Gasteiger partial charge in [-0.25, -0.2) is 0 Å². The van der Waals surface area contributed by atoms with Crippen LogP contribution in [0.25, 0.3) is 0 Å². The Bertz CT molecular complexity index is 1230. The zero-order valence-electron chi connectivity index (χ0n) is 20.1. The van der Waals surface area contributed by atoms with E-state index in [-0.39, 0.29) is 25.5 Å². The minimum atomic E-state index is -0.699. The van der Waals surface area contributed by atoms with Crippen LogP contribution in [0.3, 0.4) is 0 Å². The molecule has 1 atom stereocenters. The van der Waals surface area contributed by atoms with Gasteiger partial charge in [0.05, 0.1) is 24.1 Å². The first-order valence-corrected chi connectivity index (χ1v) is 11.3. The summed E-state index contributed by atoms with van der Waals surface area (Å²) < 4.78 is 11.1. The van der Waals surface area contributed by atoms with Gasteiger partial charge in [-0.1, -0.05) is 36.4 Å². The summed E-state index contributed by atoms with van der Waals surface area (Å²) >= 11 is 0. The maximum atomic E-state index is 12.9. The highest BCUT2D eigenvalue weighted by Crippen LogP contribution is 2.14. The highest BCUT2D eigenvalue weighted by molar-refractivity contribution is 5.97. The van der Waals surface area contributed by atoms with Crippen LogP contribution in [0, 0.1) is 11.3 Å². The molecule has 0 saturated heterocycles. The van der Waals surface area contributed by atoms with E-state index in [1.54, 1.807) is 62.6 Å². The molecule has 0 aliphatic heterocycles. The molecule has 0 aromatic heterocycles. The van der Waals surface area contributed by atoms with Crippen molar-refractivity contribution in [3.05, 3.63) is 101 Å². The molecular formula is C28H27N3O5. The fraction of sp³-hybridized carbons (Fsp3) is 0.214. The van der Waals surface area contributed by atoms with Gasteiger partial charge in [0.15, 0.2) is 0 Å². The van der Waals surface area contributed by atoms with Gasteiger partial charge >= 0.3 is 5.97 Å². The molecule has 0 aliphatic rings. The van der Waals surface area contributed by atoms with Crippen LogP contribution in [0.5, 0.6) is 5.75 Å². The fourth-order valence-electron chi connectivity index (χ4n) is 3.29. The van der Waals surface area contributed by atoms with E-state index >= 15 is 0 Å². The van der Waals surface area contributed by atoms with Crippen molar-refractivity contribution in [3.8, 4) is 11.8 Å². The van der Waals surface area contributed by atoms with Gasteiger partial charge in [-0.2, -0.15) is 5.26 Å².